The van der Waals surface area contributed by atoms with Crippen LogP contribution in [-0.4, -0.2) is 11.0 Å². The quantitative estimate of drug-likeness (QED) is 0.816. The fraction of sp³-hybridized carbons (Fsp3) is 0.812. The van der Waals surface area contributed by atoms with Crippen molar-refractivity contribution in [2.75, 3.05) is 0 Å². The average Bonchev–Trinajstić information content (AvgIpc) is 2.66. The minimum atomic E-state index is 0.112. The Labute approximate surface area is 122 Å². The van der Waals surface area contributed by atoms with Gasteiger partial charge in [0.05, 0.1) is 5.54 Å². The van der Waals surface area contributed by atoms with E-state index in [-0.39, 0.29) is 5.54 Å². The van der Waals surface area contributed by atoms with Crippen molar-refractivity contribution >= 4 is 11.3 Å². The largest absolute Gasteiger partial charge is 0.303 e. The maximum Gasteiger partial charge on any atom is 0.113 e. The Morgan fingerprint density at radius 3 is 2.53 bits per heavy atom. The highest BCUT2D eigenvalue weighted by Gasteiger charge is 2.39. The van der Waals surface area contributed by atoms with Crippen molar-refractivity contribution in [1.82, 2.24) is 10.3 Å². The fourth-order valence-corrected chi connectivity index (χ4v) is 4.24. The SMILES string of the molecule is Cc1csc(C2(NC(C)C)CCCC(C)(C)CC2)n1. The summed E-state index contributed by atoms with van der Waals surface area (Å²) in [6, 6.07) is 0.505. The molecule has 2 rings (SSSR count). The first-order valence-corrected chi connectivity index (χ1v) is 8.41. The second-order valence-electron chi connectivity index (χ2n) is 7.19. The van der Waals surface area contributed by atoms with Crippen LogP contribution in [0.4, 0.5) is 0 Å². The second kappa shape index (κ2) is 5.53. The molecule has 1 aliphatic carbocycles. The van der Waals surface area contributed by atoms with E-state index in [1.165, 1.54) is 37.1 Å². The molecule has 0 spiro atoms. The zero-order valence-electron chi connectivity index (χ0n) is 13.0. The first-order valence-electron chi connectivity index (χ1n) is 7.53. The highest BCUT2D eigenvalue weighted by atomic mass is 32.1. The number of nitrogens with one attached hydrogen (secondary N) is 1. The minimum Gasteiger partial charge on any atom is -0.303 e. The number of thiazole rings is 1. The van der Waals surface area contributed by atoms with E-state index < -0.39 is 0 Å². The van der Waals surface area contributed by atoms with Gasteiger partial charge < -0.3 is 5.32 Å². The Morgan fingerprint density at radius 2 is 1.95 bits per heavy atom. The highest BCUT2D eigenvalue weighted by Crippen LogP contribution is 2.43. The number of rotatable bonds is 3. The Hall–Kier alpha value is -0.410. The van der Waals surface area contributed by atoms with Gasteiger partial charge in [0.25, 0.3) is 0 Å². The zero-order chi connectivity index (χ0) is 14.1. The predicted octanol–water partition coefficient (Wildman–Crippen LogP) is 4.64. The molecule has 0 radical (unpaired) electrons. The summed E-state index contributed by atoms with van der Waals surface area (Å²) in [5, 5.41) is 7.34. The first-order chi connectivity index (χ1) is 8.83. The number of aryl methyl sites for hydroxylation is 1. The van der Waals surface area contributed by atoms with Crippen LogP contribution in [-0.2, 0) is 5.54 Å². The van der Waals surface area contributed by atoms with Crippen molar-refractivity contribution in [2.45, 2.75) is 78.3 Å². The minimum absolute atomic E-state index is 0.112. The molecule has 0 bridgehead atoms. The van der Waals surface area contributed by atoms with Gasteiger partial charge in [0.1, 0.15) is 5.01 Å². The summed E-state index contributed by atoms with van der Waals surface area (Å²) in [6.45, 7) is 11.4. The van der Waals surface area contributed by atoms with Crippen molar-refractivity contribution in [3.8, 4) is 0 Å². The van der Waals surface area contributed by atoms with Crippen molar-refractivity contribution in [3.63, 3.8) is 0 Å². The van der Waals surface area contributed by atoms with Gasteiger partial charge in [0.2, 0.25) is 0 Å². The molecule has 1 atom stereocenters. The standard InChI is InChI=1S/C16H28N2S/c1-12(2)18-16(14-17-13(3)11-19-14)8-6-7-15(4,5)9-10-16/h11-12,18H,6-10H2,1-5H3. The van der Waals surface area contributed by atoms with Gasteiger partial charge in [-0.1, -0.05) is 20.3 Å². The van der Waals surface area contributed by atoms with Gasteiger partial charge in [-0.05, 0) is 51.9 Å². The molecule has 2 nitrogen and oxygen atoms in total. The maximum atomic E-state index is 4.81. The van der Waals surface area contributed by atoms with Gasteiger partial charge in [-0.3, -0.25) is 0 Å². The summed E-state index contributed by atoms with van der Waals surface area (Å²) in [5.74, 6) is 0. The molecule has 0 aliphatic heterocycles. The Kier molecular flexibility index (Phi) is 4.36. The van der Waals surface area contributed by atoms with Crippen molar-refractivity contribution in [2.24, 2.45) is 5.41 Å². The molecule has 1 fully saturated rings. The second-order valence-corrected chi connectivity index (χ2v) is 8.05. The Bertz CT molecular complexity index is 422. The van der Waals surface area contributed by atoms with Gasteiger partial charge >= 0.3 is 0 Å². The van der Waals surface area contributed by atoms with Crippen LogP contribution in [0.2, 0.25) is 0 Å². The van der Waals surface area contributed by atoms with E-state index in [0.29, 0.717) is 11.5 Å². The van der Waals surface area contributed by atoms with Crippen LogP contribution >= 0.6 is 11.3 Å². The number of hydrogen-bond donors (Lipinski definition) is 1. The summed E-state index contributed by atoms with van der Waals surface area (Å²) in [7, 11) is 0. The molecule has 1 N–H and O–H groups in total. The van der Waals surface area contributed by atoms with Crippen molar-refractivity contribution in [1.29, 1.82) is 0 Å². The third-order valence-electron chi connectivity index (χ3n) is 4.28. The number of aromatic nitrogens is 1. The lowest BCUT2D eigenvalue weighted by Crippen LogP contribution is -2.45. The molecule has 3 heteroatoms. The monoisotopic (exact) mass is 280 g/mol. The Balaban J connectivity index is 2.29. The maximum absolute atomic E-state index is 4.81. The van der Waals surface area contributed by atoms with Gasteiger partial charge in [-0.2, -0.15) is 0 Å². The fourth-order valence-electron chi connectivity index (χ4n) is 3.22. The van der Waals surface area contributed by atoms with E-state index in [0.717, 1.165) is 5.69 Å². The van der Waals surface area contributed by atoms with Gasteiger partial charge in [0.15, 0.2) is 0 Å². The molecule has 1 aliphatic rings. The van der Waals surface area contributed by atoms with E-state index in [9.17, 15) is 0 Å². The van der Waals surface area contributed by atoms with Crippen LogP contribution in [0.5, 0.6) is 0 Å². The van der Waals surface area contributed by atoms with Crippen LogP contribution in [0.1, 0.15) is 70.5 Å². The highest BCUT2D eigenvalue weighted by molar-refractivity contribution is 7.09. The van der Waals surface area contributed by atoms with Gasteiger partial charge in [0, 0.05) is 17.1 Å². The number of nitrogens with zero attached hydrogens (tertiary/aromatic N) is 1. The summed E-state index contributed by atoms with van der Waals surface area (Å²) in [5.41, 5.74) is 1.75. The average molecular weight is 280 g/mol. The molecular weight excluding hydrogens is 252 g/mol. The summed E-state index contributed by atoms with van der Waals surface area (Å²) >= 11 is 1.83. The lowest BCUT2D eigenvalue weighted by atomic mass is 9.83. The first kappa shape index (κ1) is 15.0. The molecule has 1 saturated carbocycles. The normalized spacial score (nSPS) is 27.5. The van der Waals surface area contributed by atoms with Gasteiger partial charge in [-0.15, -0.1) is 11.3 Å². The van der Waals surface area contributed by atoms with E-state index in [1.54, 1.807) is 0 Å². The third kappa shape index (κ3) is 3.57. The molecular formula is C16H28N2S. The van der Waals surface area contributed by atoms with Crippen LogP contribution in [0.3, 0.4) is 0 Å². The summed E-state index contributed by atoms with van der Waals surface area (Å²) in [6.07, 6.45) is 6.35. The summed E-state index contributed by atoms with van der Waals surface area (Å²) < 4.78 is 0. The topological polar surface area (TPSA) is 24.9 Å². The third-order valence-corrected chi connectivity index (χ3v) is 5.44. The molecule has 0 aromatic carbocycles. The van der Waals surface area contributed by atoms with E-state index in [1.807, 2.05) is 11.3 Å². The van der Waals surface area contributed by atoms with E-state index >= 15 is 0 Å². The van der Waals surface area contributed by atoms with Crippen LogP contribution in [0, 0.1) is 12.3 Å². The summed E-state index contributed by atoms with van der Waals surface area (Å²) in [4.78, 5) is 4.81. The Morgan fingerprint density at radius 1 is 1.21 bits per heavy atom. The molecule has 1 unspecified atom stereocenters. The molecule has 1 aromatic rings. The predicted molar refractivity (Wildman–Crippen MR) is 83.7 cm³/mol. The smallest absolute Gasteiger partial charge is 0.113 e. The van der Waals surface area contributed by atoms with E-state index in [2.05, 4.69) is 45.3 Å². The van der Waals surface area contributed by atoms with Gasteiger partial charge in [-0.25, -0.2) is 4.98 Å². The molecule has 0 saturated heterocycles. The molecule has 19 heavy (non-hydrogen) atoms. The van der Waals surface area contributed by atoms with Crippen LogP contribution < -0.4 is 5.32 Å². The van der Waals surface area contributed by atoms with Crippen molar-refractivity contribution < 1.29 is 0 Å². The molecule has 1 aromatic heterocycles. The molecule has 1 heterocycles. The van der Waals surface area contributed by atoms with Crippen molar-refractivity contribution in [3.05, 3.63) is 16.1 Å². The van der Waals surface area contributed by atoms with E-state index in [4.69, 9.17) is 4.98 Å². The lowest BCUT2D eigenvalue weighted by Gasteiger charge is -2.35. The molecule has 0 amide bonds. The number of hydrogen-bond acceptors (Lipinski definition) is 3. The lowest BCUT2D eigenvalue weighted by molar-refractivity contribution is 0.248. The zero-order valence-corrected chi connectivity index (χ0v) is 13.9. The van der Waals surface area contributed by atoms with Crippen LogP contribution in [0.25, 0.3) is 0 Å². The van der Waals surface area contributed by atoms with Crippen LogP contribution in [0.15, 0.2) is 5.38 Å². The molecule has 108 valence electrons.